The van der Waals surface area contributed by atoms with Gasteiger partial charge in [0.25, 0.3) is 5.56 Å². The number of carbonyl (C=O) groups excluding carboxylic acids is 1. The normalized spacial score (nSPS) is 19.2. The fraction of sp³-hybridized carbons (Fsp3) is 0.421. The third-order valence-corrected chi connectivity index (χ3v) is 4.42. The van der Waals surface area contributed by atoms with Crippen molar-refractivity contribution in [1.29, 1.82) is 0 Å². The fourth-order valence-electron chi connectivity index (χ4n) is 2.95. The Morgan fingerprint density at radius 1 is 1.26 bits per heavy atom. The van der Waals surface area contributed by atoms with Gasteiger partial charge < -0.3 is 14.2 Å². The molecule has 1 aromatic carbocycles. The summed E-state index contributed by atoms with van der Waals surface area (Å²) >= 11 is 0. The van der Waals surface area contributed by atoms with Crippen LogP contribution in [-0.4, -0.2) is 35.3 Å². The average Bonchev–Trinajstić information content (AvgIpc) is 3.11. The number of rotatable bonds is 6. The molecule has 2 atom stereocenters. The number of benzene rings is 1. The minimum absolute atomic E-state index is 0.0971. The molecule has 2 heterocycles. The second-order valence-electron chi connectivity index (χ2n) is 6.51. The van der Waals surface area contributed by atoms with Crippen LogP contribution in [0, 0.1) is 6.92 Å². The minimum atomic E-state index is -0.540. The monoisotopic (exact) mass is 374 g/mol. The molecule has 8 nitrogen and oxygen atoms in total. The van der Waals surface area contributed by atoms with Gasteiger partial charge in [-0.3, -0.25) is 14.3 Å². The largest absolute Gasteiger partial charge is 0.459 e. The van der Waals surface area contributed by atoms with Crippen LogP contribution in [0.15, 0.2) is 40.1 Å². The summed E-state index contributed by atoms with van der Waals surface area (Å²) in [5.41, 5.74) is 0.876. The molecule has 1 N–H and O–H groups in total. The quantitative estimate of drug-likeness (QED) is 0.770. The van der Waals surface area contributed by atoms with Crippen molar-refractivity contribution >= 4 is 5.97 Å². The summed E-state index contributed by atoms with van der Waals surface area (Å²) in [5.74, 6) is -0.411. The van der Waals surface area contributed by atoms with Gasteiger partial charge in [-0.25, -0.2) is 9.59 Å². The molecule has 1 aromatic heterocycles. The van der Waals surface area contributed by atoms with Gasteiger partial charge in [0.05, 0.1) is 23.8 Å². The molecule has 0 radical (unpaired) electrons. The molecule has 0 aliphatic carbocycles. The third kappa shape index (κ3) is 4.53. The minimum Gasteiger partial charge on any atom is -0.459 e. The van der Waals surface area contributed by atoms with Gasteiger partial charge in [0.15, 0.2) is 0 Å². The Morgan fingerprint density at radius 3 is 2.70 bits per heavy atom. The van der Waals surface area contributed by atoms with Gasteiger partial charge in [-0.1, -0.05) is 17.7 Å². The maximum atomic E-state index is 12.1. The molecule has 0 unspecified atom stereocenters. The smallest absolute Gasteiger partial charge is 0.338 e. The SMILES string of the molecule is COCc1cn([C@@H]2CC[C@@H](COC(=O)c3ccc(C)cc3)O2)c(=O)[nH]c1=O. The van der Waals surface area contributed by atoms with E-state index in [2.05, 4.69) is 4.98 Å². The van der Waals surface area contributed by atoms with E-state index < -0.39 is 23.4 Å². The van der Waals surface area contributed by atoms with Gasteiger partial charge >= 0.3 is 11.7 Å². The highest BCUT2D eigenvalue weighted by Gasteiger charge is 2.29. The number of methoxy groups -OCH3 is 1. The van der Waals surface area contributed by atoms with E-state index in [-0.39, 0.29) is 19.3 Å². The van der Waals surface area contributed by atoms with Crippen LogP contribution in [0.25, 0.3) is 0 Å². The van der Waals surface area contributed by atoms with Crippen LogP contribution in [-0.2, 0) is 20.8 Å². The number of aryl methyl sites for hydroxylation is 1. The Balaban J connectivity index is 1.61. The molecular formula is C19H22N2O6. The van der Waals surface area contributed by atoms with Gasteiger partial charge in [-0.05, 0) is 31.9 Å². The lowest BCUT2D eigenvalue weighted by molar-refractivity contribution is -0.0342. The molecule has 1 aliphatic heterocycles. The van der Waals surface area contributed by atoms with Crippen molar-refractivity contribution in [2.75, 3.05) is 13.7 Å². The van der Waals surface area contributed by atoms with Gasteiger partial charge in [0.1, 0.15) is 12.8 Å². The second-order valence-corrected chi connectivity index (χ2v) is 6.51. The van der Waals surface area contributed by atoms with Gasteiger partial charge in [0, 0.05) is 13.3 Å². The number of H-pyrrole nitrogens is 1. The molecule has 8 heteroatoms. The van der Waals surface area contributed by atoms with E-state index >= 15 is 0 Å². The first-order valence-corrected chi connectivity index (χ1v) is 8.70. The number of ether oxygens (including phenoxy) is 3. The van der Waals surface area contributed by atoms with Crippen LogP contribution in [0.2, 0.25) is 0 Å². The lowest BCUT2D eigenvalue weighted by Gasteiger charge is -2.16. The molecule has 3 rings (SSSR count). The van der Waals surface area contributed by atoms with E-state index in [9.17, 15) is 14.4 Å². The summed E-state index contributed by atoms with van der Waals surface area (Å²) in [6, 6.07) is 7.12. The summed E-state index contributed by atoms with van der Waals surface area (Å²) in [4.78, 5) is 38.2. The molecule has 1 fully saturated rings. The summed E-state index contributed by atoms with van der Waals surface area (Å²) in [5, 5.41) is 0. The Hall–Kier alpha value is -2.71. The van der Waals surface area contributed by atoms with Crippen molar-refractivity contribution < 1.29 is 19.0 Å². The van der Waals surface area contributed by atoms with Gasteiger partial charge in [0.2, 0.25) is 0 Å². The predicted molar refractivity (Wildman–Crippen MR) is 96.6 cm³/mol. The fourth-order valence-corrected chi connectivity index (χ4v) is 2.95. The maximum absolute atomic E-state index is 12.1. The number of nitrogens with one attached hydrogen (secondary N) is 1. The molecule has 1 aliphatic rings. The number of aromatic nitrogens is 2. The number of aromatic amines is 1. The number of carbonyl (C=O) groups is 1. The van der Waals surface area contributed by atoms with Crippen LogP contribution < -0.4 is 11.2 Å². The Morgan fingerprint density at radius 2 is 2.00 bits per heavy atom. The molecule has 144 valence electrons. The molecule has 1 saturated heterocycles. The zero-order valence-electron chi connectivity index (χ0n) is 15.3. The highest BCUT2D eigenvalue weighted by molar-refractivity contribution is 5.89. The topological polar surface area (TPSA) is 99.6 Å². The van der Waals surface area contributed by atoms with Crippen molar-refractivity contribution in [2.24, 2.45) is 0 Å². The molecule has 0 saturated carbocycles. The van der Waals surface area contributed by atoms with Crippen LogP contribution in [0.4, 0.5) is 0 Å². The molecule has 27 heavy (non-hydrogen) atoms. The number of esters is 1. The summed E-state index contributed by atoms with van der Waals surface area (Å²) < 4.78 is 17.5. The Kier molecular flexibility index (Phi) is 5.88. The highest BCUT2D eigenvalue weighted by atomic mass is 16.6. The highest BCUT2D eigenvalue weighted by Crippen LogP contribution is 2.27. The Labute approximate surface area is 155 Å². The predicted octanol–water partition coefficient (Wildman–Crippen LogP) is 1.53. The van der Waals surface area contributed by atoms with E-state index in [1.807, 2.05) is 19.1 Å². The molecular weight excluding hydrogens is 352 g/mol. The van der Waals surface area contributed by atoms with Gasteiger partial charge in [-0.15, -0.1) is 0 Å². The van der Waals surface area contributed by atoms with E-state index in [0.717, 1.165) is 5.56 Å². The van der Waals surface area contributed by atoms with E-state index in [1.165, 1.54) is 17.9 Å². The Bertz CT molecular complexity index is 915. The average molecular weight is 374 g/mol. The standard InChI is InChI=1S/C19H22N2O6/c1-12-3-5-13(6-4-12)18(23)26-11-15-7-8-16(27-15)21-9-14(10-25-2)17(22)20-19(21)24/h3-6,9,15-16H,7-8,10-11H2,1-2H3,(H,20,22,24)/t15-,16-/m0/s1. The first kappa shape index (κ1) is 19.1. The van der Waals surface area contributed by atoms with Crippen LogP contribution in [0.5, 0.6) is 0 Å². The van der Waals surface area contributed by atoms with E-state index in [4.69, 9.17) is 14.2 Å². The van der Waals surface area contributed by atoms with Crippen molar-refractivity contribution in [2.45, 2.75) is 38.7 Å². The lowest BCUT2D eigenvalue weighted by atomic mass is 10.1. The number of hydrogen-bond acceptors (Lipinski definition) is 6. The van der Waals surface area contributed by atoms with E-state index in [0.29, 0.717) is 24.0 Å². The number of hydrogen-bond donors (Lipinski definition) is 1. The van der Waals surface area contributed by atoms with Crippen LogP contribution in [0.3, 0.4) is 0 Å². The van der Waals surface area contributed by atoms with Gasteiger partial charge in [-0.2, -0.15) is 0 Å². The summed E-state index contributed by atoms with van der Waals surface area (Å²) in [7, 11) is 1.47. The molecule has 2 aromatic rings. The first-order chi connectivity index (χ1) is 13.0. The van der Waals surface area contributed by atoms with Crippen molar-refractivity contribution in [3.63, 3.8) is 0 Å². The van der Waals surface area contributed by atoms with Crippen molar-refractivity contribution in [1.82, 2.24) is 9.55 Å². The second kappa shape index (κ2) is 8.32. The lowest BCUT2D eigenvalue weighted by Crippen LogP contribution is -2.34. The van der Waals surface area contributed by atoms with Crippen molar-refractivity contribution in [3.8, 4) is 0 Å². The molecule has 0 bridgehead atoms. The van der Waals surface area contributed by atoms with Crippen molar-refractivity contribution in [3.05, 3.63) is 68.0 Å². The van der Waals surface area contributed by atoms with E-state index in [1.54, 1.807) is 12.1 Å². The molecule has 0 amide bonds. The zero-order chi connectivity index (χ0) is 19.4. The summed E-state index contributed by atoms with van der Waals surface area (Å²) in [6.45, 7) is 2.14. The van der Waals surface area contributed by atoms with Crippen LogP contribution in [0.1, 0.15) is 40.6 Å². The van der Waals surface area contributed by atoms with Crippen LogP contribution >= 0.6 is 0 Å². The first-order valence-electron chi connectivity index (χ1n) is 8.70. The molecule has 0 spiro atoms. The number of nitrogens with zero attached hydrogens (tertiary/aromatic N) is 1. The third-order valence-electron chi connectivity index (χ3n) is 4.42. The maximum Gasteiger partial charge on any atom is 0.338 e. The zero-order valence-corrected chi connectivity index (χ0v) is 15.3. The summed E-state index contributed by atoms with van der Waals surface area (Å²) in [6.07, 6.45) is 1.83.